The van der Waals surface area contributed by atoms with Crippen LogP contribution in [0.15, 0.2) is 47.6 Å². The number of hydrogen-bond acceptors (Lipinski definition) is 6. The molecular formula is C21H23FN4O4S. The molecule has 8 nitrogen and oxygen atoms in total. The Morgan fingerprint density at radius 3 is 2.61 bits per heavy atom. The Bertz CT molecular complexity index is 984. The summed E-state index contributed by atoms with van der Waals surface area (Å²) in [5.41, 5.74) is 8.01. The molecule has 0 spiro atoms. The van der Waals surface area contributed by atoms with Crippen molar-refractivity contribution in [2.24, 2.45) is 10.8 Å². The number of benzene rings is 2. The maximum atomic E-state index is 12.6. The van der Waals surface area contributed by atoms with Gasteiger partial charge in [0.1, 0.15) is 0 Å². The molecular weight excluding hydrogens is 423 g/mol. The van der Waals surface area contributed by atoms with Crippen molar-refractivity contribution in [2.45, 2.75) is 25.1 Å². The summed E-state index contributed by atoms with van der Waals surface area (Å²) < 4.78 is 22.8. The zero-order chi connectivity index (χ0) is 22.4. The van der Waals surface area contributed by atoms with E-state index in [2.05, 4.69) is 10.4 Å². The van der Waals surface area contributed by atoms with E-state index in [1.807, 2.05) is 6.92 Å². The molecule has 3 rings (SSSR count). The first kappa shape index (κ1) is 22.4. The molecule has 164 valence electrons. The number of carbonyl (C=O) groups excluding carboxylic acids is 2. The fourth-order valence-corrected chi connectivity index (χ4v) is 4.04. The maximum absolute atomic E-state index is 12.6. The van der Waals surface area contributed by atoms with E-state index >= 15 is 0 Å². The number of urea groups is 1. The molecule has 1 heterocycles. The quantitative estimate of drug-likeness (QED) is 0.627. The highest BCUT2D eigenvalue weighted by molar-refractivity contribution is 8.14. The fourth-order valence-electron chi connectivity index (χ4n) is 3.11. The number of carbonyl (C=O) groups is 2. The highest BCUT2D eigenvalue weighted by Gasteiger charge is 2.30. The second-order valence-corrected chi connectivity index (χ2v) is 7.78. The smallest absolute Gasteiger partial charge is 0.316 e. The van der Waals surface area contributed by atoms with E-state index in [0.717, 1.165) is 16.8 Å². The summed E-state index contributed by atoms with van der Waals surface area (Å²) in [7, 11) is 1.48. The topological polar surface area (TPSA) is 106 Å². The van der Waals surface area contributed by atoms with Crippen LogP contribution in [-0.4, -0.2) is 41.2 Å². The van der Waals surface area contributed by atoms with Crippen molar-refractivity contribution in [3.8, 4) is 11.5 Å². The molecule has 0 aromatic heterocycles. The van der Waals surface area contributed by atoms with Crippen LogP contribution in [0.1, 0.15) is 24.5 Å². The Balaban J connectivity index is 1.87. The summed E-state index contributed by atoms with van der Waals surface area (Å²) >= 11 is 1.21. The van der Waals surface area contributed by atoms with E-state index in [0.29, 0.717) is 23.6 Å². The molecule has 0 bridgehead atoms. The van der Waals surface area contributed by atoms with Gasteiger partial charge in [0.2, 0.25) is 6.86 Å². The van der Waals surface area contributed by atoms with Crippen LogP contribution in [0, 0.1) is 0 Å². The van der Waals surface area contributed by atoms with E-state index in [-0.39, 0.29) is 17.0 Å². The van der Waals surface area contributed by atoms with Gasteiger partial charge in [-0.1, -0.05) is 30.8 Å². The molecule has 10 heteroatoms. The number of amides is 3. The van der Waals surface area contributed by atoms with Gasteiger partial charge in [-0.15, -0.1) is 0 Å². The average Bonchev–Trinajstić information content (AvgIpc) is 2.76. The largest absolute Gasteiger partial charge is 0.493 e. The molecule has 2 aromatic carbocycles. The van der Waals surface area contributed by atoms with Gasteiger partial charge in [-0.25, -0.2) is 14.2 Å². The van der Waals surface area contributed by atoms with Crippen molar-refractivity contribution in [2.75, 3.05) is 19.3 Å². The van der Waals surface area contributed by atoms with E-state index < -0.39 is 12.9 Å². The van der Waals surface area contributed by atoms with Crippen LogP contribution < -0.4 is 20.5 Å². The molecule has 0 saturated heterocycles. The first-order valence-electron chi connectivity index (χ1n) is 9.54. The molecule has 0 fully saturated rings. The van der Waals surface area contributed by atoms with Crippen molar-refractivity contribution in [3.63, 3.8) is 0 Å². The van der Waals surface area contributed by atoms with Gasteiger partial charge >= 0.3 is 11.3 Å². The third-order valence-electron chi connectivity index (χ3n) is 4.58. The number of primary amides is 1. The van der Waals surface area contributed by atoms with E-state index in [9.17, 15) is 14.0 Å². The lowest BCUT2D eigenvalue weighted by Crippen LogP contribution is -2.34. The number of thioether (sulfide) groups is 1. The number of rotatable bonds is 8. The minimum absolute atomic E-state index is 0.122. The van der Waals surface area contributed by atoms with E-state index in [1.165, 1.54) is 23.9 Å². The molecule has 0 radical (unpaired) electrons. The van der Waals surface area contributed by atoms with Gasteiger partial charge < -0.3 is 20.5 Å². The number of nitrogens with one attached hydrogen (secondary N) is 1. The van der Waals surface area contributed by atoms with Crippen molar-refractivity contribution in [1.82, 2.24) is 5.01 Å². The number of anilines is 1. The fraction of sp³-hybridized carbons (Fsp3) is 0.286. The van der Waals surface area contributed by atoms with Gasteiger partial charge in [-0.3, -0.25) is 4.79 Å². The number of nitrogens with two attached hydrogens (primary N) is 1. The second kappa shape index (κ2) is 10.2. The van der Waals surface area contributed by atoms with Crippen LogP contribution >= 0.6 is 11.8 Å². The second-order valence-electron chi connectivity index (χ2n) is 6.63. The lowest BCUT2D eigenvalue weighted by Gasteiger charge is -2.28. The molecule has 0 aliphatic carbocycles. The summed E-state index contributed by atoms with van der Waals surface area (Å²) in [6.07, 6.45) is 0.710. The SMILES string of the molecule is CCC1SC(=O)N(Cc2ccc(NC(N)=O)cc2)N=C1c1ccc(OCF)c(OC)c1. The number of ether oxygens (including phenoxy) is 2. The Kier molecular flexibility index (Phi) is 7.35. The highest BCUT2D eigenvalue weighted by atomic mass is 32.2. The van der Waals surface area contributed by atoms with E-state index in [1.54, 1.807) is 42.5 Å². The molecule has 1 aliphatic heterocycles. The molecule has 2 aromatic rings. The van der Waals surface area contributed by atoms with Crippen molar-refractivity contribution in [1.29, 1.82) is 0 Å². The third kappa shape index (κ3) is 5.46. The van der Waals surface area contributed by atoms with Crippen molar-refractivity contribution in [3.05, 3.63) is 53.6 Å². The first-order valence-corrected chi connectivity index (χ1v) is 10.4. The molecule has 3 N–H and O–H groups in total. The predicted octanol–water partition coefficient (Wildman–Crippen LogP) is 4.34. The van der Waals surface area contributed by atoms with Crippen LogP contribution in [0.4, 0.5) is 19.7 Å². The van der Waals surface area contributed by atoms with Gasteiger partial charge in [0, 0.05) is 11.3 Å². The molecule has 1 atom stereocenters. The Morgan fingerprint density at radius 2 is 2.00 bits per heavy atom. The first-order chi connectivity index (χ1) is 14.9. The number of halogens is 1. The lowest BCUT2D eigenvalue weighted by molar-refractivity contribution is 0.184. The summed E-state index contributed by atoms with van der Waals surface area (Å²) in [4.78, 5) is 23.6. The normalized spacial score (nSPS) is 16.0. The van der Waals surface area contributed by atoms with Crippen LogP contribution in [0.3, 0.4) is 0 Å². The molecule has 1 aliphatic rings. The Morgan fingerprint density at radius 1 is 1.26 bits per heavy atom. The summed E-state index contributed by atoms with van der Waals surface area (Å²) in [6.45, 7) is 1.29. The lowest BCUT2D eigenvalue weighted by atomic mass is 10.0. The summed E-state index contributed by atoms with van der Waals surface area (Å²) in [5, 5.41) is 8.24. The van der Waals surface area contributed by atoms with Crippen LogP contribution in [-0.2, 0) is 6.54 Å². The van der Waals surface area contributed by atoms with E-state index in [4.69, 9.17) is 15.2 Å². The zero-order valence-electron chi connectivity index (χ0n) is 17.1. The Labute approximate surface area is 183 Å². The van der Waals surface area contributed by atoms with Gasteiger partial charge in [-0.05, 0) is 42.3 Å². The number of hydrazone groups is 1. The van der Waals surface area contributed by atoms with Crippen LogP contribution in [0.25, 0.3) is 0 Å². The minimum Gasteiger partial charge on any atom is -0.493 e. The van der Waals surface area contributed by atoms with Crippen LogP contribution in [0.2, 0.25) is 0 Å². The number of alkyl halides is 1. The molecule has 1 unspecified atom stereocenters. The number of hydrogen-bond donors (Lipinski definition) is 2. The monoisotopic (exact) mass is 446 g/mol. The standard InChI is InChI=1S/C21H23FN4O4S/c1-3-18-19(14-6-9-16(30-12-22)17(10-14)29-2)25-26(21(28)31-18)11-13-4-7-15(8-5-13)24-20(23)27/h4-10,18H,3,11-12H2,1-2H3,(H3,23,24,27). The zero-order valence-corrected chi connectivity index (χ0v) is 17.9. The number of methoxy groups -OCH3 is 1. The summed E-state index contributed by atoms with van der Waals surface area (Å²) in [6, 6.07) is 11.5. The van der Waals surface area contributed by atoms with Crippen molar-refractivity contribution >= 4 is 34.4 Å². The van der Waals surface area contributed by atoms with Gasteiger partial charge in [-0.2, -0.15) is 5.10 Å². The average molecular weight is 447 g/mol. The molecule has 0 saturated carbocycles. The van der Waals surface area contributed by atoms with Gasteiger partial charge in [0.25, 0.3) is 0 Å². The number of nitrogens with zero attached hydrogens (tertiary/aromatic N) is 2. The highest BCUT2D eigenvalue weighted by Crippen LogP contribution is 2.34. The van der Waals surface area contributed by atoms with Gasteiger partial charge in [0.05, 0.1) is 24.6 Å². The van der Waals surface area contributed by atoms with Crippen molar-refractivity contribution < 1.29 is 23.5 Å². The summed E-state index contributed by atoms with van der Waals surface area (Å²) in [5.74, 6) is 0.683. The van der Waals surface area contributed by atoms with Crippen LogP contribution in [0.5, 0.6) is 11.5 Å². The molecule has 3 amide bonds. The molecule has 31 heavy (non-hydrogen) atoms. The maximum Gasteiger partial charge on any atom is 0.316 e. The van der Waals surface area contributed by atoms with Gasteiger partial charge in [0.15, 0.2) is 11.5 Å². The Hall–Kier alpha value is -3.27. The minimum atomic E-state index is -0.958. The predicted molar refractivity (Wildman–Crippen MR) is 118 cm³/mol. The third-order valence-corrected chi connectivity index (χ3v) is 5.83.